The van der Waals surface area contributed by atoms with E-state index in [1.807, 2.05) is 13.8 Å². The Morgan fingerprint density at radius 1 is 1.43 bits per heavy atom. The van der Waals surface area contributed by atoms with Crippen LogP contribution in [0.1, 0.15) is 49.2 Å². The van der Waals surface area contributed by atoms with Gasteiger partial charge in [0.15, 0.2) is 0 Å². The SMILES string of the molecule is Cc1noc(C)c1C(C)NC(=O)N1CCCCC1C(=O)O. The highest BCUT2D eigenvalue weighted by Gasteiger charge is 2.33. The fourth-order valence-corrected chi connectivity index (χ4v) is 2.88. The number of rotatable bonds is 3. The van der Waals surface area contributed by atoms with Crippen molar-refractivity contribution in [3.63, 3.8) is 0 Å². The minimum atomic E-state index is -0.949. The van der Waals surface area contributed by atoms with Gasteiger partial charge in [-0.05, 0) is 40.0 Å². The van der Waals surface area contributed by atoms with E-state index in [-0.39, 0.29) is 12.1 Å². The highest BCUT2D eigenvalue weighted by Crippen LogP contribution is 2.22. The van der Waals surface area contributed by atoms with Gasteiger partial charge in [0.1, 0.15) is 11.8 Å². The van der Waals surface area contributed by atoms with E-state index in [0.717, 1.165) is 24.1 Å². The Morgan fingerprint density at radius 2 is 2.14 bits per heavy atom. The van der Waals surface area contributed by atoms with E-state index in [4.69, 9.17) is 4.52 Å². The Bertz CT molecular complexity index is 521. The van der Waals surface area contributed by atoms with Crippen molar-refractivity contribution < 1.29 is 19.2 Å². The molecule has 2 rings (SSSR count). The van der Waals surface area contributed by atoms with Crippen LogP contribution in [0.2, 0.25) is 0 Å². The number of aliphatic carboxylic acids is 1. The predicted molar refractivity (Wildman–Crippen MR) is 74.9 cm³/mol. The first-order valence-electron chi connectivity index (χ1n) is 7.14. The maximum absolute atomic E-state index is 12.3. The number of likely N-dealkylation sites (tertiary alicyclic amines) is 1. The quantitative estimate of drug-likeness (QED) is 0.889. The molecule has 2 amide bonds. The van der Waals surface area contributed by atoms with E-state index in [1.54, 1.807) is 6.92 Å². The number of carbonyl (C=O) groups is 2. The number of aryl methyl sites for hydroxylation is 2. The molecule has 7 heteroatoms. The van der Waals surface area contributed by atoms with Crippen LogP contribution in [-0.2, 0) is 4.79 Å². The Balaban J connectivity index is 2.08. The van der Waals surface area contributed by atoms with Crippen LogP contribution >= 0.6 is 0 Å². The van der Waals surface area contributed by atoms with Crippen LogP contribution in [0.15, 0.2) is 4.52 Å². The van der Waals surface area contributed by atoms with E-state index >= 15 is 0 Å². The van der Waals surface area contributed by atoms with Crippen LogP contribution in [0.4, 0.5) is 4.79 Å². The number of nitrogens with zero attached hydrogens (tertiary/aromatic N) is 2. The molecule has 0 aromatic carbocycles. The van der Waals surface area contributed by atoms with Gasteiger partial charge in [0.25, 0.3) is 0 Å². The topological polar surface area (TPSA) is 95.7 Å². The maximum atomic E-state index is 12.3. The number of urea groups is 1. The third-order valence-electron chi connectivity index (χ3n) is 3.91. The van der Waals surface area contributed by atoms with Crippen LogP contribution < -0.4 is 5.32 Å². The van der Waals surface area contributed by atoms with Crippen LogP contribution in [-0.4, -0.2) is 39.8 Å². The molecule has 2 N–H and O–H groups in total. The van der Waals surface area contributed by atoms with Gasteiger partial charge in [-0.3, -0.25) is 0 Å². The number of hydrogen-bond acceptors (Lipinski definition) is 4. The third-order valence-corrected chi connectivity index (χ3v) is 3.91. The van der Waals surface area contributed by atoms with Gasteiger partial charge in [0, 0.05) is 12.1 Å². The van der Waals surface area contributed by atoms with Gasteiger partial charge in [-0.15, -0.1) is 0 Å². The second-order valence-corrected chi connectivity index (χ2v) is 5.45. The monoisotopic (exact) mass is 295 g/mol. The van der Waals surface area contributed by atoms with E-state index in [0.29, 0.717) is 18.7 Å². The highest BCUT2D eigenvalue weighted by atomic mass is 16.5. The van der Waals surface area contributed by atoms with Crippen molar-refractivity contribution in [1.29, 1.82) is 0 Å². The van der Waals surface area contributed by atoms with Crippen molar-refractivity contribution in [1.82, 2.24) is 15.4 Å². The van der Waals surface area contributed by atoms with Gasteiger partial charge >= 0.3 is 12.0 Å². The van der Waals surface area contributed by atoms with E-state index in [2.05, 4.69) is 10.5 Å². The second kappa shape index (κ2) is 6.15. The van der Waals surface area contributed by atoms with Crippen molar-refractivity contribution in [3.05, 3.63) is 17.0 Å². The first kappa shape index (κ1) is 15.3. The van der Waals surface area contributed by atoms with Crippen molar-refractivity contribution in [3.8, 4) is 0 Å². The molecule has 1 saturated heterocycles. The first-order valence-corrected chi connectivity index (χ1v) is 7.14. The first-order chi connectivity index (χ1) is 9.91. The molecular formula is C14H21N3O4. The summed E-state index contributed by atoms with van der Waals surface area (Å²) in [5.41, 5.74) is 1.57. The number of hydrogen-bond donors (Lipinski definition) is 2. The normalized spacial score (nSPS) is 20.1. The molecular weight excluding hydrogens is 274 g/mol. The van der Waals surface area contributed by atoms with Gasteiger partial charge in [0.05, 0.1) is 11.7 Å². The molecule has 1 aliphatic rings. The number of carboxylic acids is 1. The number of piperidine rings is 1. The molecule has 2 heterocycles. The largest absolute Gasteiger partial charge is 0.480 e. The highest BCUT2D eigenvalue weighted by molar-refractivity contribution is 5.83. The molecule has 1 aliphatic heterocycles. The minimum Gasteiger partial charge on any atom is -0.480 e. The molecule has 2 unspecified atom stereocenters. The standard InChI is InChI=1S/C14H21N3O4/c1-8(12-9(2)16-21-10(12)3)15-14(20)17-7-5-4-6-11(17)13(18)19/h8,11H,4-7H2,1-3H3,(H,15,20)(H,18,19). The summed E-state index contributed by atoms with van der Waals surface area (Å²) in [7, 11) is 0. The Hall–Kier alpha value is -2.05. The second-order valence-electron chi connectivity index (χ2n) is 5.45. The molecule has 0 radical (unpaired) electrons. The summed E-state index contributed by atoms with van der Waals surface area (Å²) < 4.78 is 5.09. The summed E-state index contributed by atoms with van der Waals surface area (Å²) in [6, 6.07) is -1.37. The van der Waals surface area contributed by atoms with Crippen LogP contribution in [0.5, 0.6) is 0 Å². The fraction of sp³-hybridized carbons (Fsp3) is 0.643. The lowest BCUT2D eigenvalue weighted by molar-refractivity contribution is -0.143. The van der Waals surface area contributed by atoms with E-state index < -0.39 is 12.0 Å². The minimum absolute atomic E-state index is 0.278. The number of aromatic nitrogens is 1. The molecule has 1 aromatic heterocycles. The van der Waals surface area contributed by atoms with Crippen molar-refractivity contribution in [2.45, 2.75) is 52.1 Å². The molecule has 0 aliphatic carbocycles. The molecule has 1 fully saturated rings. The van der Waals surface area contributed by atoms with Crippen LogP contribution in [0, 0.1) is 13.8 Å². The van der Waals surface area contributed by atoms with Gasteiger partial charge in [0.2, 0.25) is 0 Å². The lowest BCUT2D eigenvalue weighted by atomic mass is 10.0. The average Bonchev–Trinajstić information content (AvgIpc) is 2.78. The number of carboxylic acid groups (broad SMARTS) is 1. The number of amides is 2. The van der Waals surface area contributed by atoms with Gasteiger partial charge in [-0.25, -0.2) is 9.59 Å². The molecule has 1 aromatic rings. The Labute approximate surface area is 123 Å². The zero-order valence-corrected chi connectivity index (χ0v) is 12.5. The molecule has 0 bridgehead atoms. The summed E-state index contributed by atoms with van der Waals surface area (Å²) in [6.45, 7) is 5.91. The molecule has 21 heavy (non-hydrogen) atoms. The van der Waals surface area contributed by atoms with Crippen LogP contribution in [0.3, 0.4) is 0 Å². The van der Waals surface area contributed by atoms with Crippen molar-refractivity contribution >= 4 is 12.0 Å². The summed E-state index contributed by atoms with van der Waals surface area (Å²) in [5, 5.41) is 15.9. The predicted octanol–water partition coefficient (Wildman–Crippen LogP) is 2.00. The molecule has 7 nitrogen and oxygen atoms in total. The van der Waals surface area contributed by atoms with Gasteiger partial charge in [-0.2, -0.15) is 0 Å². The molecule has 116 valence electrons. The molecule has 0 spiro atoms. The summed E-state index contributed by atoms with van der Waals surface area (Å²) >= 11 is 0. The summed E-state index contributed by atoms with van der Waals surface area (Å²) in [6.07, 6.45) is 2.17. The zero-order chi connectivity index (χ0) is 15.6. The molecule has 2 atom stereocenters. The summed E-state index contributed by atoms with van der Waals surface area (Å²) in [4.78, 5) is 25.0. The van der Waals surface area contributed by atoms with E-state index in [9.17, 15) is 14.7 Å². The van der Waals surface area contributed by atoms with Gasteiger partial charge < -0.3 is 19.8 Å². The summed E-state index contributed by atoms with van der Waals surface area (Å²) in [5.74, 6) is -0.288. The smallest absolute Gasteiger partial charge is 0.326 e. The van der Waals surface area contributed by atoms with Crippen molar-refractivity contribution in [2.24, 2.45) is 0 Å². The molecule has 0 saturated carbocycles. The number of nitrogens with one attached hydrogen (secondary N) is 1. The van der Waals surface area contributed by atoms with Crippen molar-refractivity contribution in [2.75, 3.05) is 6.54 Å². The fourth-order valence-electron chi connectivity index (χ4n) is 2.88. The lowest BCUT2D eigenvalue weighted by Crippen LogP contribution is -2.52. The maximum Gasteiger partial charge on any atom is 0.326 e. The Morgan fingerprint density at radius 3 is 2.71 bits per heavy atom. The number of carbonyl (C=O) groups excluding carboxylic acids is 1. The zero-order valence-electron chi connectivity index (χ0n) is 12.5. The van der Waals surface area contributed by atoms with Gasteiger partial charge in [-0.1, -0.05) is 5.16 Å². The third kappa shape index (κ3) is 3.17. The van der Waals surface area contributed by atoms with Crippen LogP contribution in [0.25, 0.3) is 0 Å². The lowest BCUT2D eigenvalue weighted by Gasteiger charge is -2.33. The average molecular weight is 295 g/mol. The Kier molecular flexibility index (Phi) is 4.50. The van der Waals surface area contributed by atoms with E-state index in [1.165, 1.54) is 4.90 Å².